The number of hydrogen-bond donors (Lipinski definition) is 2. The van der Waals surface area contributed by atoms with Crippen molar-refractivity contribution in [2.75, 3.05) is 27.2 Å². The molecule has 0 heterocycles. The van der Waals surface area contributed by atoms with Crippen molar-refractivity contribution in [3.05, 3.63) is 35.4 Å². The van der Waals surface area contributed by atoms with Crippen LogP contribution < -0.4 is 5.32 Å². The van der Waals surface area contributed by atoms with Crippen LogP contribution in [-0.4, -0.2) is 49.1 Å². The maximum absolute atomic E-state index is 11.9. The average molecular weight is 260 g/mol. The number of rotatable bonds is 3. The molecule has 0 aliphatic carbocycles. The van der Waals surface area contributed by atoms with E-state index in [9.17, 15) is 9.59 Å². The zero-order valence-corrected chi connectivity index (χ0v) is 10.9. The van der Waals surface area contributed by atoms with Crippen LogP contribution in [0.5, 0.6) is 0 Å². The van der Waals surface area contributed by atoms with Gasteiger partial charge in [0.15, 0.2) is 0 Å². The summed E-state index contributed by atoms with van der Waals surface area (Å²) in [5.41, 5.74) is 0.904. The number of aliphatic hydroxyl groups excluding tert-OH is 1. The molecule has 0 fully saturated rings. The lowest BCUT2D eigenvalue weighted by Crippen LogP contribution is -2.36. The molecule has 2 N–H and O–H groups in total. The van der Waals surface area contributed by atoms with Gasteiger partial charge in [-0.3, -0.25) is 9.59 Å². The van der Waals surface area contributed by atoms with Gasteiger partial charge in [0, 0.05) is 19.7 Å². The maximum atomic E-state index is 11.9. The van der Waals surface area contributed by atoms with Crippen molar-refractivity contribution in [3.63, 3.8) is 0 Å². The van der Waals surface area contributed by atoms with Gasteiger partial charge >= 0.3 is 0 Å². The van der Waals surface area contributed by atoms with Gasteiger partial charge in [0.1, 0.15) is 6.61 Å². The highest BCUT2D eigenvalue weighted by atomic mass is 16.2. The Morgan fingerprint density at radius 2 is 2.00 bits per heavy atom. The van der Waals surface area contributed by atoms with Gasteiger partial charge in [0.05, 0.1) is 12.1 Å². The van der Waals surface area contributed by atoms with Gasteiger partial charge < -0.3 is 15.3 Å². The molecule has 0 bridgehead atoms. The molecule has 5 nitrogen and oxygen atoms in total. The van der Waals surface area contributed by atoms with Crippen LogP contribution in [0.1, 0.15) is 15.9 Å². The van der Waals surface area contributed by atoms with Crippen LogP contribution in [0.3, 0.4) is 0 Å². The Bertz CT molecular complexity index is 527. The SMILES string of the molecule is CN(C)C(=O)CNC(=O)c1ccccc1C#CCO. The van der Waals surface area contributed by atoms with E-state index in [1.54, 1.807) is 38.4 Å². The number of benzene rings is 1. The number of amides is 2. The normalized spacial score (nSPS) is 9.21. The van der Waals surface area contributed by atoms with Crippen LogP contribution in [0.25, 0.3) is 0 Å². The molecule has 0 unspecified atom stereocenters. The lowest BCUT2D eigenvalue weighted by molar-refractivity contribution is -0.127. The van der Waals surface area contributed by atoms with E-state index < -0.39 is 0 Å². The quantitative estimate of drug-likeness (QED) is 0.742. The van der Waals surface area contributed by atoms with Gasteiger partial charge in [-0.05, 0) is 12.1 Å². The van der Waals surface area contributed by atoms with Crippen molar-refractivity contribution in [3.8, 4) is 11.8 Å². The molecular formula is C14H16N2O3. The molecule has 0 saturated carbocycles. The van der Waals surface area contributed by atoms with Crippen molar-refractivity contribution in [2.24, 2.45) is 0 Å². The Labute approximate surface area is 112 Å². The van der Waals surface area contributed by atoms with E-state index in [0.29, 0.717) is 11.1 Å². The van der Waals surface area contributed by atoms with E-state index >= 15 is 0 Å². The molecule has 2 amide bonds. The first-order valence-electron chi connectivity index (χ1n) is 5.73. The Balaban J connectivity index is 2.80. The maximum Gasteiger partial charge on any atom is 0.252 e. The third-order valence-corrected chi connectivity index (χ3v) is 2.37. The van der Waals surface area contributed by atoms with Crippen LogP contribution in [0.15, 0.2) is 24.3 Å². The first kappa shape index (κ1) is 14.7. The second-order valence-electron chi connectivity index (χ2n) is 3.98. The molecule has 1 aromatic rings. The second kappa shape index (κ2) is 7.19. The number of likely N-dealkylation sites (N-methyl/N-ethyl adjacent to an activating group) is 1. The minimum atomic E-state index is -0.363. The van der Waals surface area contributed by atoms with Gasteiger partial charge in [-0.25, -0.2) is 0 Å². The molecule has 0 radical (unpaired) electrons. The molecule has 0 aliphatic rings. The minimum Gasteiger partial charge on any atom is -0.384 e. The van der Waals surface area contributed by atoms with Crippen molar-refractivity contribution in [2.45, 2.75) is 0 Å². The predicted octanol–water partition coefficient (Wildman–Crippen LogP) is -0.152. The zero-order valence-electron chi connectivity index (χ0n) is 10.9. The predicted molar refractivity (Wildman–Crippen MR) is 71.4 cm³/mol. The zero-order chi connectivity index (χ0) is 14.3. The van der Waals surface area contributed by atoms with E-state index in [4.69, 9.17) is 5.11 Å². The molecule has 0 aliphatic heterocycles. The van der Waals surface area contributed by atoms with E-state index in [1.807, 2.05) is 0 Å². The molecule has 1 aromatic carbocycles. The summed E-state index contributed by atoms with van der Waals surface area (Å²) in [6, 6.07) is 6.78. The lowest BCUT2D eigenvalue weighted by Gasteiger charge is -2.11. The molecule has 0 saturated heterocycles. The van der Waals surface area contributed by atoms with Crippen molar-refractivity contribution in [1.82, 2.24) is 10.2 Å². The van der Waals surface area contributed by atoms with E-state index in [0.717, 1.165) is 0 Å². The molecule has 0 aromatic heterocycles. The average Bonchev–Trinajstić information content (AvgIpc) is 2.42. The number of nitrogens with zero attached hydrogens (tertiary/aromatic N) is 1. The van der Waals surface area contributed by atoms with Crippen molar-refractivity contribution in [1.29, 1.82) is 0 Å². The minimum absolute atomic E-state index is 0.0619. The summed E-state index contributed by atoms with van der Waals surface area (Å²) in [5.74, 6) is 4.64. The van der Waals surface area contributed by atoms with Gasteiger partial charge in [-0.2, -0.15) is 0 Å². The fraction of sp³-hybridized carbons (Fsp3) is 0.286. The van der Waals surface area contributed by atoms with Crippen LogP contribution in [0.2, 0.25) is 0 Å². The molecule has 19 heavy (non-hydrogen) atoms. The highest BCUT2D eigenvalue weighted by Crippen LogP contribution is 2.06. The Hall–Kier alpha value is -2.32. The summed E-state index contributed by atoms with van der Waals surface area (Å²) >= 11 is 0. The van der Waals surface area contributed by atoms with Crippen molar-refractivity contribution < 1.29 is 14.7 Å². The Kier molecular flexibility index (Phi) is 5.58. The monoisotopic (exact) mass is 260 g/mol. The molecule has 0 spiro atoms. The fourth-order valence-corrected chi connectivity index (χ4v) is 1.33. The Morgan fingerprint density at radius 1 is 1.32 bits per heavy atom. The van der Waals surface area contributed by atoms with Crippen LogP contribution >= 0.6 is 0 Å². The Morgan fingerprint density at radius 3 is 2.63 bits per heavy atom. The molecular weight excluding hydrogens is 244 g/mol. The first-order chi connectivity index (χ1) is 9.06. The van der Waals surface area contributed by atoms with Gasteiger partial charge in [-0.15, -0.1) is 0 Å². The number of carbonyl (C=O) groups is 2. The number of carbonyl (C=O) groups excluding carboxylic acids is 2. The van der Waals surface area contributed by atoms with Gasteiger partial charge in [0.2, 0.25) is 5.91 Å². The van der Waals surface area contributed by atoms with Gasteiger partial charge in [-0.1, -0.05) is 24.0 Å². The molecule has 0 atom stereocenters. The fourth-order valence-electron chi connectivity index (χ4n) is 1.33. The largest absolute Gasteiger partial charge is 0.384 e. The number of nitrogens with one attached hydrogen (secondary N) is 1. The van der Waals surface area contributed by atoms with Crippen LogP contribution in [0.4, 0.5) is 0 Å². The lowest BCUT2D eigenvalue weighted by atomic mass is 10.1. The molecule has 100 valence electrons. The van der Waals surface area contributed by atoms with Crippen molar-refractivity contribution >= 4 is 11.8 Å². The van der Waals surface area contributed by atoms with Crippen LogP contribution in [-0.2, 0) is 4.79 Å². The highest BCUT2D eigenvalue weighted by molar-refractivity contribution is 5.98. The standard InChI is InChI=1S/C14H16N2O3/c1-16(2)13(18)10-15-14(19)12-8-4-3-6-11(12)7-5-9-17/h3-4,6,8,17H,9-10H2,1-2H3,(H,15,19). The van der Waals surface area contributed by atoms with Gasteiger partial charge in [0.25, 0.3) is 5.91 Å². The highest BCUT2D eigenvalue weighted by Gasteiger charge is 2.11. The summed E-state index contributed by atoms with van der Waals surface area (Å²) in [7, 11) is 3.24. The van der Waals surface area contributed by atoms with E-state index in [-0.39, 0.29) is 25.0 Å². The summed E-state index contributed by atoms with van der Waals surface area (Å²) in [5, 5.41) is 11.2. The number of aliphatic hydroxyl groups is 1. The number of hydrogen-bond acceptors (Lipinski definition) is 3. The molecule has 1 rings (SSSR count). The van der Waals surface area contributed by atoms with E-state index in [2.05, 4.69) is 17.2 Å². The summed E-state index contributed by atoms with van der Waals surface area (Å²) in [4.78, 5) is 24.7. The first-order valence-corrected chi connectivity index (χ1v) is 5.73. The van der Waals surface area contributed by atoms with Crippen LogP contribution in [0, 0.1) is 11.8 Å². The smallest absolute Gasteiger partial charge is 0.252 e. The molecule has 5 heteroatoms. The summed E-state index contributed by atoms with van der Waals surface area (Å²) in [6.07, 6.45) is 0. The second-order valence-corrected chi connectivity index (χ2v) is 3.98. The third-order valence-electron chi connectivity index (χ3n) is 2.37. The topological polar surface area (TPSA) is 69.6 Å². The summed E-state index contributed by atoms with van der Waals surface area (Å²) < 4.78 is 0. The van der Waals surface area contributed by atoms with E-state index in [1.165, 1.54) is 4.90 Å². The summed E-state index contributed by atoms with van der Waals surface area (Å²) in [6.45, 7) is -0.331. The third kappa shape index (κ3) is 4.45.